The normalized spacial score (nSPS) is 11.0. The molecule has 0 amide bonds. The van der Waals surface area contributed by atoms with E-state index in [4.69, 9.17) is 0 Å². The van der Waals surface area contributed by atoms with E-state index in [0.717, 1.165) is 48.5 Å². The third kappa shape index (κ3) is 15.2. The largest absolute Gasteiger partial charge is 0.207 e. The minimum atomic E-state index is -0.411. The number of hydrogen-bond donors (Lipinski definition) is 0. The lowest BCUT2D eigenvalue weighted by Crippen LogP contribution is -1.90. The Bertz CT molecular complexity index is 4840. The van der Waals surface area contributed by atoms with Gasteiger partial charge in [0.15, 0.2) is 0 Å². The molecule has 0 saturated heterocycles. The van der Waals surface area contributed by atoms with Crippen molar-refractivity contribution in [2.75, 3.05) is 0 Å². The molecule has 18 aromatic rings. The van der Waals surface area contributed by atoms with E-state index in [0.29, 0.717) is 0 Å². The number of benzene rings is 18. The predicted octanol–water partition coefficient (Wildman–Crippen LogP) is 30.6. The van der Waals surface area contributed by atoms with Gasteiger partial charge >= 0.3 is 0 Å². The van der Waals surface area contributed by atoms with Gasteiger partial charge in [-0.3, -0.25) is 0 Å². The monoisotopic (exact) mass is 1440 g/mol. The molecule has 0 saturated carbocycles. The molecule has 14 aliphatic rings. The van der Waals surface area contributed by atoms with Crippen molar-refractivity contribution in [3.05, 3.63) is 460 Å². The molecule has 0 aromatic heterocycles. The lowest BCUT2D eigenvalue weighted by atomic mass is 9.88. The molecule has 0 spiro atoms. The van der Waals surface area contributed by atoms with Gasteiger partial charge in [0, 0.05) is 0 Å². The van der Waals surface area contributed by atoms with E-state index in [1.54, 1.807) is 0 Å². The van der Waals surface area contributed by atoms with E-state index in [2.05, 4.69) is 388 Å². The van der Waals surface area contributed by atoms with Gasteiger partial charge in [-0.2, -0.15) is 0 Å². The van der Waals surface area contributed by atoms with E-state index >= 15 is 0 Å². The molecular formula is C108H72F4. The number of hydrogen-bond acceptors (Lipinski definition) is 0. The second-order valence-electron chi connectivity index (χ2n) is 27.9. The molecule has 0 N–H and O–H groups in total. The predicted molar refractivity (Wildman–Crippen MR) is 460 cm³/mol. The molecule has 112 heavy (non-hydrogen) atoms. The Labute approximate surface area is 651 Å². The van der Waals surface area contributed by atoms with Gasteiger partial charge in [-0.25, -0.2) is 17.6 Å². The zero-order valence-electron chi connectivity index (χ0n) is 61.1. The second kappa shape index (κ2) is 32.2. The van der Waals surface area contributed by atoms with Crippen molar-refractivity contribution >= 4 is 0 Å². The van der Waals surface area contributed by atoms with E-state index in [1.165, 1.54) is 178 Å². The topological polar surface area (TPSA) is 0 Å². The average Bonchev–Trinajstić information content (AvgIpc) is 0.787. The molecule has 0 unspecified atom stereocenters. The van der Waals surface area contributed by atoms with Crippen molar-refractivity contribution in [2.24, 2.45) is 0 Å². The Hall–Kier alpha value is -14.3. The van der Waals surface area contributed by atoms with Gasteiger partial charge in [-0.1, -0.05) is 388 Å². The fraction of sp³-hybridized carbons (Fsp3) is 0. The van der Waals surface area contributed by atoms with Crippen LogP contribution in [0.2, 0.25) is 0 Å². The highest BCUT2D eigenvalue weighted by molar-refractivity contribution is 5.95. The van der Waals surface area contributed by atoms with Gasteiger partial charge in [0.2, 0.25) is 0 Å². The number of halogens is 4. The second-order valence-corrected chi connectivity index (χ2v) is 27.9. The molecular weight excluding hydrogens is 1370 g/mol. The molecule has 0 heterocycles. The minimum absolute atomic E-state index is 0.411. The van der Waals surface area contributed by atoms with Crippen molar-refractivity contribution in [3.8, 4) is 178 Å². The van der Waals surface area contributed by atoms with Crippen molar-refractivity contribution in [1.82, 2.24) is 0 Å². The average molecular weight is 1450 g/mol. The van der Waals surface area contributed by atoms with Crippen LogP contribution in [-0.4, -0.2) is 0 Å². The van der Waals surface area contributed by atoms with Crippen LogP contribution in [0.5, 0.6) is 0 Å². The zero-order chi connectivity index (χ0) is 75.7. The summed E-state index contributed by atoms with van der Waals surface area (Å²) < 4.78 is 47.7. The summed E-state index contributed by atoms with van der Waals surface area (Å²) in [6, 6.07) is 151. The Morgan fingerprint density at radius 3 is 0.205 bits per heavy atom. The van der Waals surface area contributed by atoms with Crippen LogP contribution in [0, 0.1) is 23.3 Å². The summed E-state index contributed by atoms with van der Waals surface area (Å²) in [6.45, 7) is 0. The molecule has 16 bridgehead atoms. The van der Waals surface area contributed by atoms with Gasteiger partial charge in [0.05, 0.1) is 0 Å². The highest BCUT2D eigenvalue weighted by atomic mass is 19.1. The van der Waals surface area contributed by atoms with Crippen LogP contribution >= 0.6 is 0 Å². The molecule has 18 aromatic carbocycles. The minimum Gasteiger partial charge on any atom is -0.207 e. The van der Waals surface area contributed by atoms with Crippen LogP contribution in [0.15, 0.2) is 437 Å². The fourth-order valence-electron chi connectivity index (χ4n) is 15.4. The SMILES string of the molecule is Fc1ccc(F)cc1.Fc1ccc(F)cc1.c1ccc2c(c1)-c1ccc(cc1)-c1ccccc1-c1ccc(cc1)-c1ccccc1-c1ccc(cc1)-c1ccccc1-c1ccc-2cc1.c1ccc2c(c1)-c1ccc(cc1)-c1ccccc1-c1ccc(cc1)-c1ccccc1-c1ccc(cc1)-c1ccccc1-c1ccc-2cc1. The molecule has 0 atom stereocenters. The molecule has 0 radical (unpaired) electrons. The first-order chi connectivity index (χ1) is 55.2. The Balaban J connectivity index is 0.000000135. The maximum Gasteiger partial charge on any atom is 0.123 e. The van der Waals surface area contributed by atoms with Crippen LogP contribution in [0.25, 0.3) is 178 Å². The standard InChI is InChI=1S/2C48H32.2C6H4F2/c2*1-2-10-42-34-21-23-36(24-22-34)44-12-5-6-14-46(44)38-29-31-40(32-30-38)48-16-8-7-15-47(48)39-27-25-37(26-28-39)45-13-4-3-11-43(45)35-19-17-33(18-20-35)41(42)9-1;2*7-5-1-2-6(8)4-3-5/h2*1-32H;2*1-4H. The third-order valence-electron chi connectivity index (χ3n) is 21.1. The highest BCUT2D eigenvalue weighted by Gasteiger charge is 2.19. The maximum atomic E-state index is 11.9. The first kappa shape index (κ1) is 70.6. The van der Waals surface area contributed by atoms with Crippen LogP contribution < -0.4 is 0 Å². The van der Waals surface area contributed by atoms with Crippen molar-refractivity contribution < 1.29 is 17.6 Å². The molecule has 14 aliphatic carbocycles. The Morgan fingerprint density at radius 1 is 0.0804 bits per heavy atom. The van der Waals surface area contributed by atoms with Crippen LogP contribution in [0.1, 0.15) is 0 Å². The summed E-state index contributed by atoms with van der Waals surface area (Å²) in [4.78, 5) is 0. The third-order valence-corrected chi connectivity index (χ3v) is 21.1. The zero-order valence-corrected chi connectivity index (χ0v) is 61.1. The van der Waals surface area contributed by atoms with E-state index < -0.39 is 23.3 Å². The molecule has 0 fully saturated rings. The van der Waals surface area contributed by atoms with Gasteiger partial charge < -0.3 is 0 Å². The van der Waals surface area contributed by atoms with Crippen molar-refractivity contribution in [3.63, 3.8) is 0 Å². The molecule has 4 heteroatoms. The summed E-state index contributed by atoms with van der Waals surface area (Å²) in [5.41, 5.74) is 39.1. The molecule has 32 rings (SSSR count). The van der Waals surface area contributed by atoms with Gasteiger partial charge in [0.1, 0.15) is 23.3 Å². The first-order valence-corrected chi connectivity index (χ1v) is 37.6. The van der Waals surface area contributed by atoms with Crippen LogP contribution in [-0.2, 0) is 0 Å². The Kier molecular flexibility index (Phi) is 20.3. The van der Waals surface area contributed by atoms with Gasteiger partial charge in [-0.05, 0) is 227 Å². The quantitative estimate of drug-likeness (QED) is 0.133. The molecule has 0 nitrogen and oxygen atoms in total. The maximum absolute atomic E-state index is 11.9. The Morgan fingerprint density at radius 2 is 0.143 bits per heavy atom. The lowest BCUT2D eigenvalue weighted by molar-refractivity contribution is 0.600. The van der Waals surface area contributed by atoms with Crippen LogP contribution in [0.4, 0.5) is 17.6 Å². The molecule has 532 valence electrons. The van der Waals surface area contributed by atoms with Crippen LogP contribution in [0.3, 0.4) is 0 Å². The summed E-state index contributed by atoms with van der Waals surface area (Å²) in [5.74, 6) is -1.64. The lowest BCUT2D eigenvalue weighted by Gasteiger charge is -2.15. The summed E-state index contributed by atoms with van der Waals surface area (Å²) in [5, 5.41) is 0. The van der Waals surface area contributed by atoms with E-state index in [1.807, 2.05) is 0 Å². The smallest absolute Gasteiger partial charge is 0.123 e. The van der Waals surface area contributed by atoms with Gasteiger partial charge in [0.25, 0.3) is 0 Å². The summed E-state index contributed by atoms with van der Waals surface area (Å²) in [6.07, 6.45) is 0. The van der Waals surface area contributed by atoms with Crippen molar-refractivity contribution in [2.45, 2.75) is 0 Å². The first-order valence-electron chi connectivity index (χ1n) is 37.6. The number of rotatable bonds is 0. The summed E-state index contributed by atoms with van der Waals surface area (Å²) >= 11 is 0. The molecule has 0 aliphatic heterocycles. The van der Waals surface area contributed by atoms with Gasteiger partial charge in [-0.15, -0.1) is 0 Å². The fourth-order valence-corrected chi connectivity index (χ4v) is 15.4. The highest BCUT2D eigenvalue weighted by Crippen LogP contribution is 2.44. The van der Waals surface area contributed by atoms with E-state index in [9.17, 15) is 17.6 Å². The van der Waals surface area contributed by atoms with E-state index in [-0.39, 0.29) is 0 Å². The summed E-state index contributed by atoms with van der Waals surface area (Å²) in [7, 11) is 0. The van der Waals surface area contributed by atoms with Crippen molar-refractivity contribution in [1.29, 1.82) is 0 Å².